The van der Waals surface area contributed by atoms with Crippen molar-refractivity contribution in [3.05, 3.63) is 45.3 Å². The number of hydrogen-bond donors (Lipinski definition) is 4. The van der Waals surface area contributed by atoms with Crippen molar-refractivity contribution in [3.63, 3.8) is 0 Å². The van der Waals surface area contributed by atoms with Gasteiger partial charge in [-0.1, -0.05) is 24.6 Å². The van der Waals surface area contributed by atoms with Gasteiger partial charge in [0, 0.05) is 63.3 Å². The molecular weight excluding hydrogens is 612 g/mol. The van der Waals surface area contributed by atoms with Crippen LogP contribution in [0.15, 0.2) is 23.6 Å². The van der Waals surface area contributed by atoms with Gasteiger partial charge >= 0.3 is 12.1 Å². The van der Waals surface area contributed by atoms with Crippen molar-refractivity contribution in [2.24, 2.45) is 0 Å². The fourth-order valence-electron chi connectivity index (χ4n) is 7.19. The molecule has 3 saturated heterocycles. The highest BCUT2D eigenvalue weighted by atomic mass is 35.5. The molecule has 0 radical (unpaired) electrons. The van der Waals surface area contributed by atoms with Crippen molar-refractivity contribution in [2.75, 3.05) is 63.4 Å². The number of thiophene rings is 1. The SMILES string of the molecule is CCc1cc(C[C@@H](NC(=O)N2CCC(N3Cc4ccsc4NC3=O)CC2)C(=O)N2CCN(C3CCNCC3)CC2)cc(Cl)c1N. The Bertz CT molecular complexity index is 1380. The summed E-state index contributed by atoms with van der Waals surface area (Å²) in [4.78, 5) is 48.6. The van der Waals surface area contributed by atoms with Crippen LogP contribution >= 0.6 is 22.9 Å². The van der Waals surface area contributed by atoms with Crippen LogP contribution in [0.4, 0.5) is 20.3 Å². The second-order valence-corrected chi connectivity index (χ2v) is 13.9. The van der Waals surface area contributed by atoms with Crippen molar-refractivity contribution in [2.45, 2.75) is 70.1 Å². The predicted octanol–water partition coefficient (Wildman–Crippen LogP) is 3.58. The monoisotopic (exact) mass is 656 g/mol. The minimum Gasteiger partial charge on any atom is -0.397 e. The first-order valence-corrected chi connectivity index (χ1v) is 17.6. The van der Waals surface area contributed by atoms with E-state index in [-0.39, 0.29) is 24.0 Å². The average molecular weight is 657 g/mol. The summed E-state index contributed by atoms with van der Waals surface area (Å²) in [5, 5.41) is 12.9. The maximum Gasteiger partial charge on any atom is 0.323 e. The van der Waals surface area contributed by atoms with Crippen LogP contribution in [0.2, 0.25) is 5.02 Å². The largest absolute Gasteiger partial charge is 0.397 e. The van der Waals surface area contributed by atoms with Crippen LogP contribution in [0.1, 0.15) is 49.3 Å². The lowest BCUT2D eigenvalue weighted by atomic mass is 9.99. The maximum absolute atomic E-state index is 14.0. The number of carbonyl (C=O) groups is 3. The minimum atomic E-state index is -0.727. The number of urea groups is 2. The molecule has 11 nitrogen and oxygen atoms in total. The van der Waals surface area contributed by atoms with Gasteiger partial charge in [-0.25, -0.2) is 9.59 Å². The molecule has 5 amide bonds. The highest BCUT2D eigenvalue weighted by molar-refractivity contribution is 7.14. The van der Waals surface area contributed by atoms with Crippen LogP contribution in [-0.4, -0.2) is 108 Å². The Morgan fingerprint density at radius 2 is 1.78 bits per heavy atom. The Morgan fingerprint density at radius 3 is 2.49 bits per heavy atom. The fourth-order valence-corrected chi connectivity index (χ4v) is 8.25. The number of rotatable bonds is 7. The lowest BCUT2D eigenvalue weighted by molar-refractivity contribution is -0.135. The zero-order valence-corrected chi connectivity index (χ0v) is 27.6. The lowest BCUT2D eigenvalue weighted by Gasteiger charge is -2.42. The van der Waals surface area contributed by atoms with Crippen LogP contribution in [0.25, 0.3) is 0 Å². The number of aryl methyl sites for hydroxylation is 1. The molecule has 5 N–H and O–H groups in total. The molecule has 6 rings (SSSR count). The molecule has 4 aliphatic heterocycles. The topological polar surface area (TPSA) is 126 Å². The van der Waals surface area contributed by atoms with Gasteiger partial charge in [0.25, 0.3) is 0 Å². The van der Waals surface area contributed by atoms with Crippen molar-refractivity contribution < 1.29 is 14.4 Å². The van der Waals surface area contributed by atoms with E-state index in [2.05, 4.69) is 26.9 Å². The first-order chi connectivity index (χ1) is 21.8. The quantitative estimate of drug-likeness (QED) is 0.338. The molecule has 1 aromatic carbocycles. The molecule has 45 heavy (non-hydrogen) atoms. The molecule has 1 atom stereocenters. The Kier molecular flexibility index (Phi) is 10.0. The highest BCUT2D eigenvalue weighted by Crippen LogP contribution is 2.32. The Balaban J connectivity index is 1.10. The van der Waals surface area contributed by atoms with Gasteiger partial charge in [-0.2, -0.15) is 0 Å². The molecule has 2 aromatic rings. The molecule has 244 valence electrons. The summed E-state index contributed by atoms with van der Waals surface area (Å²) >= 11 is 8.02. The Labute approximate surface area is 274 Å². The molecule has 0 saturated carbocycles. The normalized spacial score (nSPS) is 20.9. The lowest BCUT2D eigenvalue weighted by Crippen LogP contribution is -2.59. The number of nitrogens with one attached hydrogen (secondary N) is 3. The zero-order chi connectivity index (χ0) is 31.5. The number of nitrogens with two attached hydrogens (primary N) is 1. The first kappa shape index (κ1) is 31.9. The number of likely N-dealkylation sites (tertiary alicyclic amines) is 1. The van der Waals surface area contributed by atoms with Gasteiger partial charge in [-0.05, 0) is 73.8 Å². The van der Waals surface area contributed by atoms with Gasteiger partial charge < -0.3 is 31.1 Å². The Hall–Kier alpha value is -3.06. The smallest absolute Gasteiger partial charge is 0.323 e. The van der Waals surface area contributed by atoms with E-state index in [0.717, 1.165) is 67.1 Å². The minimum absolute atomic E-state index is 0.0557. The van der Waals surface area contributed by atoms with E-state index in [1.165, 1.54) is 0 Å². The van der Waals surface area contributed by atoms with Crippen LogP contribution in [0.3, 0.4) is 0 Å². The van der Waals surface area contributed by atoms with Crippen LogP contribution in [0, 0.1) is 0 Å². The van der Waals surface area contributed by atoms with E-state index in [1.807, 2.05) is 34.2 Å². The third-order valence-electron chi connectivity index (χ3n) is 9.90. The summed E-state index contributed by atoms with van der Waals surface area (Å²) in [6.45, 7) is 8.70. The molecule has 3 fully saturated rings. The van der Waals surface area contributed by atoms with Gasteiger partial charge in [0.2, 0.25) is 5.91 Å². The van der Waals surface area contributed by atoms with E-state index in [0.29, 0.717) is 68.7 Å². The molecule has 1 aromatic heterocycles. The summed E-state index contributed by atoms with van der Waals surface area (Å²) in [7, 11) is 0. The van der Waals surface area contributed by atoms with Gasteiger partial charge in [0.1, 0.15) is 11.0 Å². The third-order valence-corrected chi connectivity index (χ3v) is 11.1. The average Bonchev–Trinajstić information content (AvgIpc) is 3.53. The fraction of sp³-hybridized carbons (Fsp3) is 0.594. The van der Waals surface area contributed by atoms with E-state index >= 15 is 0 Å². The van der Waals surface area contributed by atoms with Gasteiger partial charge in [0.15, 0.2) is 0 Å². The number of halogens is 1. The molecule has 13 heteroatoms. The zero-order valence-electron chi connectivity index (χ0n) is 26.0. The van der Waals surface area contributed by atoms with E-state index in [9.17, 15) is 14.4 Å². The van der Waals surface area contributed by atoms with Crippen LogP contribution in [0.5, 0.6) is 0 Å². The molecular formula is C32H45ClN8O3S. The van der Waals surface area contributed by atoms with E-state index < -0.39 is 6.04 Å². The first-order valence-electron chi connectivity index (χ1n) is 16.3. The molecule has 5 heterocycles. The second kappa shape index (κ2) is 14.1. The van der Waals surface area contributed by atoms with Gasteiger partial charge in [-0.3, -0.25) is 15.0 Å². The van der Waals surface area contributed by atoms with E-state index in [1.54, 1.807) is 16.2 Å². The molecule has 0 unspecified atom stereocenters. The van der Waals surface area contributed by atoms with Gasteiger partial charge in [0.05, 0.1) is 17.3 Å². The van der Waals surface area contributed by atoms with E-state index in [4.69, 9.17) is 17.3 Å². The number of anilines is 2. The summed E-state index contributed by atoms with van der Waals surface area (Å²) in [6.07, 6.45) is 4.70. The summed E-state index contributed by atoms with van der Waals surface area (Å²) in [5.41, 5.74) is 9.69. The summed E-state index contributed by atoms with van der Waals surface area (Å²) < 4.78 is 0. The third kappa shape index (κ3) is 7.19. The van der Waals surface area contributed by atoms with Crippen molar-refractivity contribution in [3.8, 4) is 0 Å². The number of hydrogen-bond acceptors (Lipinski definition) is 7. The standard InChI is InChI=1S/C32H45ClN8O3S/c1-2-22-17-21(18-26(33)28(22)34)19-27(30(42)39-14-12-38(13-15-39)24-3-8-35-9-4-24)36-31(43)40-10-5-25(6-11-40)41-20-23-7-16-45-29(23)37-32(41)44/h7,16-18,24-25,27,35H,2-6,8-15,19-20,34H2,1H3,(H,36,43)(H,37,44)/t27-/m1/s1. The van der Waals surface area contributed by atoms with Crippen molar-refractivity contribution in [1.82, 2.24) is 30.2 Å². The van der Waals surface area contributed by atoms with Gasteiger partial charge in [-0.15, -0.1) is 11.3 Å². The van der Waals surface area contributed by atoms with Crippen molar-refractivity contribution in [1.29, 1.82) is 0 Å². The molecule has 0 aliphatic carbocycles. The number of carbonyl (C=O) groups excluding carboxylic acids is 3. The number of nitrogen functional groups attached to an aromatic ring is 1. The van der Waals surface area contributed by atoms with Crippen molar-refractivity contribution >= 4 is 51.6 Å². The summed E-state index contributed by atoms with van der Waals surface area (Å²) in [6, 6.07) is 5.43. The molecule has 0 spiro atoms. The molecule has 4 aliphatic rings. The van der Waals surface area contributed by atoms with Crippen LogP contribution in [-0.2, 0) is 24.2 Å². The predicted molar refractivity (Wildman–Crippen MR) is 179 cm³/mol. The highest BCUT2D eigenvalue weighted by Gasteiger charge is 2.36. The Morgan fingerprint density at radius 1 is 1.04 bits per heavy atom. The number of amides is 5. The molecule has 0 bridgehead atoms. The van der Waals surface area contributed by atoms with Crippen LogP contribution < -0.4 is 21.7 Å². The second-order valence-electron chi connectivity index (χ2n) is 12.6. The summed E-state index contributed by atoms with van der Waals surface area (Å²) in [5.74, 6) is -0.0641. The number of benzene rings is 1. The number of fused-ring (bicyclic) bond motifs is 1. The number of piperazine rings is 1. The maximum atomic E-state index is 14.0. The number of piperidine rings is 2. The number of nitrogens with zero attached hydrogens (tertiary/aromatic N) is 4.